The van der Waals surface area contributed by atoms with Crippen LogP contribution in [0.5, 0.6) is 0 Å². The molecule has 0 aliphatic carbocycles. The van der Waals surface area contributed by atoms with Gasteiger partial charge in [0, 0.05) is 0 Å². The van der Waals surface area contributed by atoms with E-state index in [-0.39, 0.29) is 0 Å². The van der Waals surface area contributed by atoms with Crippen molar-refractivity contribution in [1.82, 2.24) is 0 Å². The zero-order valence-electron chi connectivity index (χ0n) is 12.2. The molecule has 0 amide bonds. The Morgan fingerprint density at radius 2 is 0.808 bits per heavy atom. The summed E-state index contributed by atoms with van der Waals surface area (Å²) in [5.74, 6) is -8.62. The summed E-state index contributed by atoms with van der Waals surface area (Å²) in [5.41, 5.74) is -3.51. The average molecular weight is 364 g/mol. The van der Waals surface area contributed by atoms with E-state index in [1.807, 2.05) is 0 Å². The fraction of sp³-hybridized carbons (Fsp3) is 0. The van der Waals surface area contributed by atoms with Crippen molar-refractivity contribution in [2.45, 2.75) is 0 Å². The predicted octanol–water partition coefficient (Wildman–Crippen LogP) is 3.69. The summed E-state index contributed by atoms with van der Waals surface area (Å²) in [7, 11) is 0. The lowest BCUT2D eigenvalue weighted by Gasteiger charge is -1.98. The number of nitriles is 4. The molecule has 0 atom stereocenters. The first kappa shape index (κ1) is 20.0. The molecule has 0 heterocycles. The van der Waals surface area contributed by atoms with Gasteiger partial charge in [-0.2, -0.15) is 21.0 Å². The Hall–Kier alpha value is -4.02. The minimum atomic E-state index is -1.57. The van der Waals surface area contributed by atoms with E-state index >= 15 is 0 Å². The van der Waals surface area contributed by atoms with Crippen molar-refractivity contribution < 1.29 is 26.3 Å². The molecular formula is C16H2F6N4. The van der Waals surface area contributed by atoms with Gasteiger partial charge in [-0.05, 0) is 12.1 Å². The zero-order valence-corrected chi connectivity index (χ0v) is 12.2. The van der Waals surface area contributed by atoms with Crippen molar-refractivity contribution in [2.75, 3.05) is 0 Å². The van der Waals surface area contributed by atoms with Crippen LogP contribution in [-0.2, 0) is 0 Å². The first-order valence-electron chi connectivity index (χ1n) is 6.18. The molecule has 0 aliphatic rings. The lowest BCUT2D eigenvalue weighted by atomic mass is 10.1. The molecule has 0 aromatic heterocycles. The first-order valence-corrected chi connectivity index (χ1v) is 6.18. The predicted molar refractivity (Wildman–Crippen MR) is 71.5 cm³/mol. The molecule has 0 aliphatic heterocycles. The monoisotopic (exact) mass is 364 g/mol. The zero-order chi connectivity index (χ0) is 20.0. The smallest absolute Gasteiger partial charge is 0.179 e. The summed E-state index contributed by atoms with van der Waals surface area (Å²) in [4.78, 5) is 0. The van der Waals surface area contributed by atoms with Gasteiger partial charge in [-0.15, -0.1) is 0 Å². The second kappa shape index (κ2) is 8.19. The standard InChI is InChI=1S/2C8HF3N2/c2*9-6-1-4(2-12)7(10)5(3-13)8(6)11/h2*1H. The minimum Gasteiger partial charge on any atom is -0.204 e. The lowest BCUT2D eigenvalue weighted by molar-refractivity contribution is 0.490. The molecule has 0 spiro atoms. The molecule has 0 saturated heterocycles. The van der Waals surface area contributed by atoms with Crippen LogP contribution in [0.4, 0.5) is 26.3 Å². The van der Waals surface area contributed by atoms with Crippen molar-refractivity contribution >= 4 is 0 Å². The van der Waals surface area contributed by atoms with Crippen molar-refractivity contribution in [3.8, 4) is 24.3 Å². The number of rotatable bonds is 0. The molecule has 0 N–H and O–H groups in total. The highest BCUT2D eigenvalue weighted by Crippen LogP contribution is 2.19. The second-order valence-electron chi connectivity index (χ2n) is 4.27. The molecular weight excluding hydrogens is 362 g/mol. The number of benzene rings is 2. The molecule has 128 valence electrons. The minimum absolute atomic E-state index is 0.408. The highest BCUT2D eigenvalue weighted by atomic mass is 19.2. The van der Waals surface area contributed by atoms with E-state index in [0.29, 0.717) is 12.1 Å². The normalized spacial score (nSPS) is 9.00. The Labute approximate surface area is 142 Å². The van der Waals surface area contributed by atoms with Gasteiger partial charge in [0.1, 0.15) is 35.4 Å². The first-order chi connectivity index (χ1) is 12.2. The van der Waals surface area contributed by atoms with E-state index in [0.717, 1.165) is 12.1 Å². The van der Waals surface area contributed by atoms with Crippen LogP contribution in [-0.4, -0.2) is 0 Å². The SMILES string of the molecule is N#Cc1cc(F)c(F)c(C#N)c1F.N#Cc1cc(F)c(F)c(C#N)c1F. The summed E-state index contributed by atoms with van der Waals surface area (Å²) < 4.78 is 76.1. The third-order valence-electron chi connectivity index (χ3n) is 2.78. The summed E-state index contributed by atoms with van der Waals surface area (Å²) in [6, 6.07) is 5.70. The Balaban J connectivity index is 0.000000260. The Morgan fingerprint density at radius 1 is 0.500 bits per heavy atom. The van der Waals surface area contributed by atoms with Crippen LogP contribution in [0.25, 0.3) is 0 Å². The van der Waals surface area contributed by atoms with Gasteiger partial charge >= 0.3 is 0 Å². The lowest BCUT2D eigenvalue weighted by Crippen LogP contribution is -1.98. The molecule has 2 rings (SSSR count). The van der Waals surface area contributed by atoms with E-state index < -0.39 is 57.2 Å². The van der Waals surface area contributed by atoms with Crippen molar-refractivity contribution in [3.05, 3.63) is 69.3 Å². The third kappa shape index (κ3) is 3.72. The van der Waals surface area contributed by atoms with Crippen molar-refractivity contribution in [3.63, 3.8) is 0 Å². The highest BCUT2D eigenvalue weighted by molar-refractivity contribution is 5.43. The van der Waals surface area contributed by atoms with Crippen LogP contribution in [0, 0.1) is 80.2 Å². The van der Waals surface area contributed by atoms with Crippen LogP contribution < -0.4 is 0 Å². The quantitative estimate of drug-likeness (QED) is 0.526. The number of hydrogen-bond donors (Lipinski definition) is 0. The molecule has 10 heteroatoms. The van der Waals surface area contributed by atoms with Gasteiger partial charge in [-0.3, -0.25) is 0 Å². The van der Waals surface area contributed by atoms with E-state index in [4.69, 9.17) is 21.0 Å². The second-order valence-corrected chi connectivity index (χ2v) is 4.27. The average Bonchev–Trinajstić information content (AvgIpc) is 2.63. The largest absolute Gasteiger partial charge is 0.204 e. The van der Waals surface area contributed by atoms with Crippen molar-refractivity contribution in [1.29, 1.82) is 21.0 Å². The molecule has 2 aromatic carbocycles. The maximum absolute atomic E-state index is 12.9. The molecule has 0 bridgehead atoms. The molecule has 4 nitrogen and oxygen atoms in total. The highest BCUT2D eigenvalue weighted by Gasteiger charge is 2.18. The summed E-state index contributed by atoms with van der Waals surface area (Å²) >= 11 is 0. The molecule has 0 fully saturated rings. The molecule has 0 unspecified atom stereocenters. The van der Waals surface area contributed by atoms with Crippen LogP contribution in [0.1, 0.15) is 22.3 Å². The Morgan fingerprint density at radius 3 is 1.04 bits per heavy atom. The molecule has 0 radical (unpaired) electrons. The fourth-order valence-corrected chi connectivity index (χ4v) is 1.57. The topological polar surface area (TPSA) is 95.2 Å². The van der Waals surface area contributed by atoms with E-state index in [9.17, 15) is 26.3 Å². The van der Waals surface area contributed by atoms with Gasteiger partial charge in [-0.25, -0.2) is 26.3 Å². The molecule has 26 heavy (non-hydrogen) atoms. The van der Waals surface area contributed by atoms with E-state index in [1.54, 1.807) is 0 Å². The summed E-state index contributed by atoms with van der Waals surface area (Å²) in [6.07, 6.45) is 0. The number of nitrogens with zero attached hydrogens (tertiary/aromatic N) is 4. The van der Waals surface area contributed by atoms with E-state index in [1.165, 1.54) is 12.1 Å². The van der Waals surface area contributed by atoms with Crippen LogP contribution in [0.2, 0.25) is 0 Å². The summed E-state index contributed by atoms with van der Waals surface area (Å²) in [5, 5.41) is 33.0. The van der Waals surface area contributed by atoms with Crippen LogP contribution in [0.3, 0.4) is 0 Å². The van der Waals surface area contributed by atoms with Crippen LogP contribution in [0.15, 0.2) is 12.1 Å². The maximum atomic E-state index is 12.9. The fourth-order valence-electron chi connectivity index (χ4n) is 1.57. The van der Waals surface area contributed by atoms with Crippen molar-refractivity contribution in [2.24, 2.45) is 0 Å². The number of halogens is 6. The molecule has 2 aromatic rings. The Bertz CT molecular complexity index is 966. The van der Waals surface area contributed by atoms with Gasteiger partial charge in [0.25, 0.3) is 0 Å². The van der Waals surface area contributed by atoms with Gasteiger partial charge in [0.2, 0.25) is 0 Å². The third-order valence-corrected chi connectivity index (χ3v) is 2.78. The van der Waals surface area contributed by atoms with E-state index in [2.05, 4.69) is 0 Å². The Kier molecular flexibility index (Phi) is 6.31. The van der Waals surface area contributed by atoms with Crippen LogP contribution >= 0.6 is 0 Å². The van der Waals surface area contributed by atoms with Gasteiger partial charge in [0.15, 0.2) is 34.9 Å². The maximum Gasteiger partial charge on any atom is 0.179 e. The number of hydrogen-bond acceptors (Lipinski definition) is 4. The van der Waals surface area contributed by atoms with Gasteiger partial charge < -0.3 is 0 Å². The van der Waals surface area contributed by atoms with Gasteiger partial charge in [0.05, 0.1) is 11.1 Å². The van der Waals surface area contributed by atoms with Gasteiger partial charge in [-0.1, -0.05) is 0 Å². The molecule has 0 saturated carbocycles. The summed E-state index contributed by atoms with van der Waals surface area (Å²) in [6.45, 7) is 0.